The molecular formula is C95H166O16P2. The number of carbonyl (C=O) groups excluding carboxylic acids is 3. The third kappa shape index (κ3) is 88.3. The van der Waals surface area contributed by atoms with Gasteiger partial charge in [-0.1, -0.05) is 373 Å². The molecule has 0 radical (unpaired) electrons. The number of aliphatic hydroxyl groups excluding tert-OH is 2. The van der Waals surface area contributed by atoms with E-state index in [9.17, 15) is 43.5 Å². The summed E-state index contributed by atoms with van der Waals surface area (Å²) in [6, 6.07) is 0. The molecule has 113 heavy (non-hydrogen) atoms. The molecule has 0 saturated heterocycles. The Bertz CT molecular complexity index is 2580. The summed E-state index contributed by atoms with van der Waals surface area (Å²) >= 11 is 0. The number of hydrogen-bond donors (Lipinski definition) is 4. The number of phosphoric ester groups is 2. The van der Waals surface area contributed by atoms with Crippen LogP contribution in [0.4, 0.5) is 0 Å². The second-order valence-electron chi connectivity index (χ2n) is 30.3. The first kappa shape index (κ1) is 109. The average Bonchev–Trinajstić information content (AvgIpc) is 0.903. The van der Waals surface area contributed by atoms with Crippen molar-refractivity contribution >= 4 is 33.6 Å². The number of allylic oxidation sites excluding steroid dienone is 22. The number of carbonyl (C=O) groups is 3. The lowest BCUT2D eigenvalue weighted by molar-refractivity contribution is -0.161. The molecule has 0 aliphatic carbocycles. The quantitative estimate of drug-likeness (QED) is 0.0146. The zero-order valence-electron chi connectivity index (χ0n) is 71.8. The van der Waals surface area contributed by atoms with Gasteiger partial charge in [0.15, 0.2) is 6.10 Å². The Morgan fingerprint density at radius 1 is 0.257 bits per heavy atom. The maximum absolute atomic E-state index is 13.0. The molecule has 0 aromatic carbocycles. The SMILES string of the molecule is CC/C=C\C/C=C\C/C=C\C/C=C\C/C=C\CCCCCCCCCCCCCCCCCC(=O)OCC(O)COP(=O)(O)OCC(O)COP(=O)(O)OCC(COC(=O)CCCCCCCCCCCCCCCCC/C=C\C/C=C\C/C=C\C/C=C\C/C=C\CC)OC(=O)CCCCCCC/C=C\CCCCCCCC. The van der Waals surface area contributed by atoms with Gasteiger partial charge in [0.1, 0.15) is 25.4 Å². The average molecular weight is 1630 g/mol. The van der Waals surface area contributed by atoms with Crippen LogP contribution in [-0.2, 0) is 55.8 Å². The molecule has 5 unspecified atom stereocenters. The third-order valence-electron chi connectivity index (χ3n) is 19.3. The van der Waals surface area contributed by atoms with Gasteiger partial charge in [-0.05, 0) is 135 Å². The van der Waals surface area contributed by atoms with Crippen LogP contribution in [0.5, 0.6) is 0 Å². The molecule has 0 heterocycles. The van der Waals surface area contributed by atoms with Gasteiger partial charge in [0, 0.05) is 19.3 Å². The van der Waals surface area contributed by atoms with E-state index in [-0.39, 0.29) is 19.3 Å². The number of aliphatic hydroxyl groups is 2. The smallest absolute Gasteiger partial charge is 0.463 e. The molecule has 0 fully saturated rings. The number of hydrogen-bond acceptors (Lipinski definition) is 14. The van der Waals surface area contributed by atoms with Crippen LogP contribution in [0.2, 0.25) is 0 Å². The second-order valence-corrected chi connectivity index (χ2v) is 33.2. The van der Waals surface area contributed by atoms with Crippen molar-refractivity contribution in [2.75, 3.05) is 39.6 Å². The highest BCUT2D eigenvalue weighted by Gasteiger charge is 2.29. The first-order chi connectivity index (χ1) is 55.2. The van der Waals surface area contributed by atoms with Crippen LogP contribution < -0.4 is 0 Å². The Labute approximate surface area is 690 Å². The summed E-state index contributed by atoms with van der Waals surface area (Å²) < 4.78 is 61.4. The molecule has 0 bridgehead atoms. The van der Waals surface area contributed by atoms with E-state index in [0.717, 1.165) is 141 Å². The van der Waals surface area contributed by atoms with Gasteiger partial charge < -0.3 is 34.2 Å². The van der Waals surface area contributed by atoms with Gasteiger partial charge in [0.05, 0.1) is 26.4 Å². The van der Waals surface area contributed by atoms with Crippen LogP contribution >= 0.6 is 15.6 Å². The van der Waals surface area contributed by atoms with Crippen LogP contribution in [0.3, 0.4) is 0 Å². The lowest BCUT2D eigenvalue weighted by atomic mass is 10.0. The molecule has 0 aromatic heterocycles. The molecule has 0 aliphatic heterocycles. The monoisotopic (exact) mass is 1630 g/mol. The van der Waals surface area contributed by atoms with Crippen molar-refractivity contribution in [3.05, 3.63) is 134 Å². The molecule has 5 atom stereocenters. The van der Waals surface area contributed by atoms with Gasteiger partial charge in [-0.3, -0.25) is 32.5 Å². The zero-order chi connectivity index (χ0) is 82.2. The normalized spacial score (nSPS) is 14.4. The van der Waals surface area contributed by atoms with Gasteiger partial charge in [-0.25, -0.2) is 9.13 Å². The van der Waals surface area contributed by atoms with Gasteiger partial charge in [0.25, 0.3) is 0 Å². The van der Waals surface area contributed by atoms with E-state index in [1.54, 1.807) is 0 Å². The minimum atomic E-state index is -4.94. The predicted molar refractivity (Wildman–Crippen MR) is 473 cm³/mol. The van der Waals surface area contributed by atoms with Crippen LogP contribution in [0, 0.1) is 0 Å². The van der Waals surface area contributed by atoms with Crippen molar-refractivity contribution in [1.82, 2.24) is 0 Å². The van der Waals surface area contributed by atoms with E-state index in [0.29, 0.717) is 19.3 Å². The first-order valence-corrected chi connectivity index (χ1v) is 48.5. The van der Waals surface area contributed by atoms with E-state index in [2.05, 4.69) is 154 Å². The maximum Gasteiger partial charge on any atom is 0.472 e. The lowest BCUT2D eigenvalue weighted by Crippen LogP contribution is -2.30. The Morgan fingerprint density at radius 2 is 0.469 bits per heavy atom. The molecule has 0 spiro atoms. The summed E-state index contributed by atoms with van der Waals surface area (Å²) in [4.78, 5) is 58.9. The van der Waals surface area contributed by atoms with Crippen molar-refractivity contribution in [1.29, 1.82) is 0 Å². The Balaban J connectivity index is 4.46. The fraction of sp³-hybridized carbons (Fsp3) is 0.737. The second kappa shape index (κ2) is 87.0. The van der Waals surface area contributed by atoms with E-state index in [1.165, 1.54) is 193 Å². The van der Waals surface area contributed by atoms with Crippen LogP contribution in [-0.4, -0.2) is 95.9 Å². The van der Waals surface area contributed by atoms with Crippen molar-refractivity contribution in [3.8, 4) is 0 Å². The standard InChI is InChI=1S/C95H166O16P2/c1-4-7-10-13-16-19-22-25-28-30-32-34-36-38-40-42-44-46-48-50-52-54-56-58-61-63-66-69-72-75-78-81-93(98)105-84-90(96)85-107-112(101,102)108-86-91(97)87-109-113(103,104)110-89-92(111-95(100)83-80-77-74-71-68-65-60-27-24-21-18-15-12-9-6-3)88-106-94(99)82-79-76-73-70-67-64-62-59-57-55-53-51-49-47-45-43-41-39-37-35-33-31-29-26-23-20-17-14-11-8-5-2/h7-8,10-11,16-17,19-20,25-29,32-35,38-41,60,90-92,96-97H,4-6,9,12-15,18,21-24,30-31,36-37,42-59,61-89H2,1-3H3,(H,101,102)(H,103,104)/b10-7-,11-8-,19-16-,20-17-,28-25-,29-26-,34-32-,35-33-,40-38-,41-39-,60-27-. The molecule has 0 aliphatic rings. The molecule has 0 rings (SSSR count). The van der Waals surface area contributed by atoms with Crippen molar-refractivity contribution in [3.63, 3.8) is 0 Å². The van der Waals surface area contributed by atoms with Crippen LogP contribution in [0.1, 0.15) is 393 Å². The topological polar surface area (TPSA) is 231 Å². The molecule has 4 N–H and O–H groups in total. The largest absolute Gasteiger partial charge is 0.472 e. The van der Waals surface area contributed by atoms with Gasteiger partial charge >= 0.3 is 33.6 Å². The van der Waals surface area contributed by atoms with Crippen molar-refractivity contribution < 1.29 is 75.8 Å². The number of unbranched alkanes of at least 4 members (excludes halogenated alkanes) is 41. The van der Waals surface area contributed by atoms with Gasteiger partial charge in [-0.2, -0.15) is 0 Å². The highest BCUT2D eigenvalue weighted by Crippen LogP contribution is 2.45. The van der Waals surface area contributed by atoms with E-state index >= 15 is 0 Å². The highest BCUT2D eigenvalue weighted by atomic mass is 31.2. The summed E-state index contributed by atoms with van der Waals surface area (Å²) in [5.74, 6) is -1.57. The third-order valence-corrected chi connectivity index (χ3v) is 21.2. The summed E-state index contributed by atoms with van der Waals surface area (Å²) in [6.45, 7) is 2.50. The molecular weight excluding hydrogens is 1460 g/mol. The fourth-order valence-corrected chi connectivity index (χ4v) is 14.1. The van der Waals surface area contributed by atoms with Crippen LogP contribution in [0.25, 0.3) is 0 Å². The predicted octanol–water partition coefficient (Wildman–Crippen LogP) is 27.8. The Hall–Kier alpha value is -4.31. The summed E-state index contributed by atoms with van der Waals surface area (Å²) in [6.07, 6.45) is 108. The molecule has 652 valence electrons. The fourth-order valence-electron chi connectivity index (χ4n) is 12.5. The number of ether oxygens (including phenoxy) is 3. The van der Waals surface area contributed by atoms with E-state index in [1.807, 2.05) is 0 Å². The first-order valence-electron chi connectivity index (χ1n) is 45.5. The summed E-state index contributed by atoms with van der Waals surface area (Å²) in [7, 11) is -9.80. The lowest BCUT2D eigenvalue weighted by Gasteiger charge is -2.21. The van der Waals surface area contributed by atoms with Gasteiger partial charge in [0.2, 0.25) is 0 Å². The summed E-state index contributed by atoms with van der Waals surface area (Å²) in [5, 5.41) is 20.7. The molecule has 16 nitrogen and oxygen atoms in total. The van der Waals surface area contributed by atoms with E-state index < -0.39 is 91.5 Å². The van der Waals surface area contributed by atoms with E-state index in [4.69, 9.17) is 32.3 Å². The summed E-state index contributed by atoms with van der Waals surface area (Å²) in [5.41, 5.74) is 0. The minimum Gasteiger partial charge on any atom is -0.463 e. The van der Waals surface area contributed by atoms with Gasteiger partial charge in [-0.15, -0.1) is 0 Å². The van der Waals surface area contributed by atoms with Crippen LogP contribution in [0.15, 0.2) is 134 Å². The molecule has 0 amide bonds. The molecule has 0 saturated carbocycles. The Kier molecular flexibility index (Phi) is 83.7. The molecule has 0 aromatic rings. The maximum atomic E-state index is 13.0. The minimum absolute atomic E-state index is 0.0955. The van der Waals surface area contributed by atoms with Crippen molar-refractivity contribution in [2.24, 2.45) is 0 Å². The molecule has 18 heteroatoms. The van der Waals surface area contributed by atoms with Crippen molar-refractivity contribution in [2.45, 2.75) is 411 Å². The number of rotatable bonds is 86. The Morgan fingerprint density at radius 3 is 0.752 bits per heavy atom. The number of esters is 3. The number of phosphoric acid groups is 2. The highest BCUT2D eigenvalue weighted by molar-refractivity contribution is 7.47. The zero-order valence-corrected chi connectivity index (χ0v) is 73.6.